The lowest BCUT2D eigenvalue weighted by Gasteiger charge is -2.54. The molecule has 0 amide bonds. The highest BCUT2D eigenvalue weighted by Crippen LogP contribution is 2.71. The van der Waals surface area contributed by atoms with Gasteiger partial charge in [-0.05, 0) is 6.42 Å². The van der Waals surface area contributed by atoms with E-state index in [1.54, 1.807) is 0 Å². The van der Waals surface area contributed by atoms with Crippen LogP contribution in [-0.2, 0) is 47.7 Å². The number of ketones is 2. The van der Waals surface area contributed by atoms with Crippen LogP contribution < -0.4 is 0 Å². The number of fused-ring (bicyclic) bond motifs is 5. The van der Waals surface area contributed by atoms with Crippen LogP contribution >= 0.6 is 0 Å². The van der Waals surface area contributed by atoms with Gasteiger partial charge in [-0.2, -0.15) is 0 Å². The minimum atomic E-state index is -1.37. The van der Waals surface area contributed by atoms with E-state index in [0.717, 1.165) is 0 Å². The second-order valence-corrected chi connectivity index (χ2v) is 9.27. The van der Waals surface area contributed by atoms with Gasteiger partial charge in [0.1, 0.15) is 24.2 Å². The van der Waals surface area contributed by atoms with E-state index in [0.29, 0.717) is 0 Å². The Morgan fingerprint density at radius 1 is 0.935 bits per heavy atom. The van der Waals surface area contributed by atoms with Gasteiger partial charge in [-0.25, -0.2) is 0 Å². The molecule has 10 nitrogen and oxygen atoms in total. The molecule has 5 aliphatic rings. The highest BCUT2D eigenvalue weighted by atomic mass is 16.7. The van der Waals surface area contributed by atoms with Gasteiger partial charge in [-0.15, -0.1) is 0 Å². The zero-order valence-electron chi connectivity index (χ0n) is 17.5. The summed E-state index contributed by atoms with van der Waals surface area (Å²) < 4.78 is 28.5. The third kappa shape index (κ3) is 2.54. The van der Waals surface area contributed by atoms with Crippen molar-refractivity contribution in [2.24, 2.45) is 22.7 Å². The summed E-state index contributed by atoms with van der Waals surface area (Å²) in [4.78, 5) is 61.5. The second kappa shape index (κ2) is 6.59. The molecule has 4 bridgehead atoms. The molecule has 168 valence electrons. The largest absolute Gasteiger partial charge is 0.465 e. The van der Waals surface area contributed by atoms with Crippen LogP contribution in [0.2, 0.25) is 0 Å². The first-order valence-corrected chi connectivity index (χ1v) is 10.5. The molecule has 5 rings (SSSR count). The van der Waals surface area contributed by atoms with E-state index in [1.165, 1.54) is 20.8 Å². The molecule has 0 spiro atoms. The molecule has 2 saturated carbocycles. The summed E-state index contributed by atoms with van der Waals surface area (Å²) in [6.07, 6.45) is -3.72. The van der Waals surface area contributed by atoms with Crippen LogP contribution in [0.5, 0.6) is 0 Å². The fourth-order valence-corrected chi connectivity index (χ4v) is 6.99. The highest BCUT2D eigenvalue weighted by molar-refractivity contribution is 5.93. The topological polar surface area (TPSA) is 132 Å². The molecule has 31 heavy (non-hydrogen) atoms. The molecular weight excluding hydrogens is 412 g/mol. The molecule has 10 heteroatoms. The highest BCUT2D eigenvalue weighted by Gasteiger charge is 2.83. The summed E-state index contributed by atoms with van der Waals surface area (Å²) in [5.41, 5.74) is -2.32. The van der Waals surface area contributed by atoms with Gasteiger partial charge < -0.3 is 23.7 Å². The number of carbonyl (C=O) groups excluding carboxylic acids is 5. The summed E-state index contributed by atoms with van der Waals surface area (Å²) in [5.74, 6) is -2.87. The van der Waals surface area contributed by atoms with Gasteiger partial charge in [0.15, 0.2) is 11.6 Å². The number of rotatable bonds is 4. The van der Waals surface area contributed by atoms with Crippen molar-refractivity contribution in [1.29, 1.82) is 0 Å². The number of ether oxygens (including phenoxy) is 5. The molecule has 1 unspecified atom stereocenters. The SMILES string of the molecule is CC(=O)OC[C@]12C[C@@H](OC(C)=O)[C@]34C(=O)C[C@H](OC3OC(C)=O)[C@@H]4[C@H]1[C@@H]1CC(=O)[C@H]2O1. The van der Waals surface area contributed by atoms with Gasteiger partial charge in [0, 0.05) is 50.9 Å². The molecule has 3 aliphatic heterocycles. The summed E-state index contributed by atoms with van der Waals surface area (Å²) in [7, 11) is 0. The minimum Gasteiger partial charge on any atom is -0.465 e. The minimum absolute atomic E-state index is 0.0630. The molecule has 0 radical (unpaired) electrons. The molecular formula is C21H24O10. The van der Waals surface area contributed by atoms with Crippen molar-refractivity contribution < 1.29 is 47.7 Å². The van der Waals surface area contributed by atoms with E-state index in [1.807, 2.05) is 0 Å². The lowest BCUT2D eigenvalue weighted by atomic mass is 9.48. The maximum atomic E-state index is 13.3. The molecule has 0 N–H and O–H groups in total. The van der Waals surface area contributed by atoms with Crippen molar-refractivity contribution >= 4 is 29.5 Å². The first kappa shape index (κ1) is 20.6. The normalized spacial score (nSPS) is 46.5. The van der Waals surface area contributed by atoms with Gasteiger partial charge in [0.2, 0.25) is 6.29 Å². The molecule has 0 aromatic carbocycles. The van der Waals surface area contributed by atoms with Crippen LogP contribution in [0.3, 0.4) is 0 Å². The van der Waals surface area contributed by atoms with Gasteiger partial charge in [-0.3, -0.25) is 24.0 Å². The van der Waals surface area contributed by atoms with Crippen molar-refractivity contribution in [3.8, 4) is 0 Å². The Bertz CT molecular complexity index is 897. The Kier molecular flexibility index (Phi) is 4.37. The van der Waals surface area contributed by atoms with Crippen LogP contribution in [0.25, 0.3) is 0 Å². The van der Waals surface area contributed by atoms with Crippen molar-refractivity contribution in [2.75, 3.05) is 6.61 Å². The number of esters is 3. The molecule has 5 fully saturated rings. The first-order valence-electron chi connectivity index (χ1n) is 10.5. The van der Waals surface area contributed by atoms with Crippen molar-refractivity contribution in [3.05, 3.63) is 0 Å². The van der Waals surface area contributed by atoms with Crippen molar-refractivity contribution in [2.45, 2.75) is 70.7 Å². The maximum Gasteiger partial charge on any atom is 0.304 e. The summed E-state index contributed by atoms with van der Waals surface area (Å²) in [6, 6.07) is 0. The van der Waals surface area contributed by atoms with Gasteiger partial charge in [-0.1, -0.05) is 0 Å². The predicted octanol–water partition coefficient (Wildman–Crippen LogP) is 0.0911. The van der Waals surface area contributed by atoms with Gasteiger partial charge >= 0.3 is 17.9 Å². The number of hydrogen-bond donors (Lipinski definition) is 0. The average molecular weight is 436 g/mol. The van der Waals surface area contributed by atoms with E-state index < -0.39 is 65.4 Å². The second-order valence-electron chi connectivity index (χ2n) is 9.27. The molecule has 3 heterocycles. The first-order chi connectivity index (χ1) is 14.6. The molecule has 2 aliphatic carbocycles. The molecule has 3 saturated heterocycles. The zero-order chi connectivity index (χ0) is 22.3. The van der Waals surface area contributed by atoms with E-state index in [-0.39, 0.29) is 43.4 Å². The van der Waals surface area contributed by atoms with Crippen LogP contribution in [0.1, 0.15) is 40.0 Å². The maximum absolute atomic E-state index is 13.3. The Balaban J connectivity index is 1.65. The summed E-state index contributed by atoms with van der Waals surface area (Å²) in [5, 5.41) is 0. The third-order valence-electron chi connectivity index (χ3n) is 7.71. The standard InChI is InChI=1S/C21H24O10/c1-8(22)27-7-20-6-15(28-9(2)23)21-14(26)5-13(31-19(21)29-10(3)24)17(21)16(20)12-4-11(25)18(20)30-12/h12-13,15-19H,4-7H2,1-3H3/t12-,13-,15+,16+,17+,18+,19?,20+,21-/m0/s1. The van der Waals surface area contributed by atoms with Crippen LogP contribution in [0.15, 0.2) is 0 Å². The van der Waals surface area contributed by atoms with E-state index >= 15 is 0 Å². The Hall–Kier alpha value is -2.33. The van der Waals surface area contributed by atoms with Crippen LogP contribution in [-0.4, -0.2) is 66.8 Å². The van der Waals surface area contributed by atoms with E-state index in [4.69, 9.17) is 23.7 Å². The van der Waals surface area contributed by atoms with E-state index in [9.17, 15) is 24.0 Å². The van der Waals surface area contributed by atoms with Crippen molar-refractivity contribution in [3.63, 3.8) is 0 Å². The Labute approximate surface area is 177 Å². The smallest absolute Gasteiger partial charge is 0.304 e. The molecule has 0 aromatic heterocycles. The van der Waals surface area contributed by atoms with Crippen LogP contribution in [0.4, 0.5) is 0 Å². The Morgan fingerprint density at radius 2 is 1.61 bits per heavy atom. The number of hydrogen-bond acceptors (Lipinski definition) is 10. The number of carbonyl (C=O) groups is 5. The fraction of sp³-hybridized carbons (Fsp3) is 0.762. The predicted molar refractivity (Wildman–Crippen MR) is 97.0 cm³/mol. The van der Waals surface area contributed by atoms with E-state index in [2.05, 4.69) is 0 Å². The lowest BCUT2D eigenvalue weighted by molar-refractivity contribution is -0.229. The summed E-state index contributed by atoms with van der Waals surface area (Å²) in [6.45, 7) is 3.63. The lowest BCUT2D eigenvalue weighted by Crippen LogP contribution is -2.66. The third-order valence-corrected chi connectivity index (χ3v) is 7.71. The van der Waals surface area contributed by atoms with Gasteiger partial charge in [0.25, 0.3) is 0 Å². The summed E-state index contributed by atoms with van der Waals surface area (Å²) >= 11 is 0. The van der Waals surface area contributed by atoms with Crippen LogP contribution in [0, 0.1) is 22.7 Å². The zero-order valence-corrected chi connectivity index (χ0v) is 17.5. The average Bonchev–Trinajstić information content (AvgIpc) is 3.34. The monoisotopic (exact) mass is 436 g/mol. The quantitative estimate of drug-likeness (QED) is 0.441. The van der Waals surface area contributed by atoms with Gasteiger partial charge in [0.05, 0.1) is 12.2 Å². The Morgan fingerprint density at radius 3 is 2.26 bits per heavy atom. The fourth-order valence-electron chi connectivity index (χ4n) is 6.99. The van der Waals surface area contributed by atoms with Crippen molar-refractivity contribution in [1.82, 2.24) is 0 Å². The number of Topliss-reactive ketones (excluding diaryl/α,β-unsaturated/α-hetero) is 2. The molecule has 9 atom stereocenters. The molecule has 0 aromatic rings.